The minimum atomic E-state index is -3.04. The van der Waals surface area contributed by atoms with Gasteiger partial charge in [-0.05, 0) is 12.5 Å². The molecule has 0 aromatic carbocycles. The number of sulfone groups is 1. The SMILES string of the molecule is CS(=O)(=O)CCCNC(=O)Nc1cncc(C(=O)O)c1. The number of carbonyl (C=O) groups is 2. The lowest BCUT2D eigenvalue weighted by Crippen LogP contribution is -2.30. The lowest BCUT2D eigenvalue weighted by Gasteiger charge is -2.07. The third-order valence-corrected chi connectivity index (χ3v) is 3.25. The molecule has 0 bridgehead atoms. The Bertz CT molecular complexity index is 600. The van der Waals surface area contributed by atoms with Gasteiger partial charge in [-0.15, -0.1) is 0 Å². The van der Waals surface area contributed by atoms with Crippen molar-refractivity contribution in [3.8, 4) is 0 Å². The van der Waals surface area contributed by atoms with Crippen LogP contribution in [0.25, 0.3) is 0 Å². The van der Waals surface area contributed by atoms with Crippen molar-refractivity contribution in [2.24, 2.45) is 0 Å². The summed E-state index contributed by atoms with van der Waals surface area (Å²) in [6.07, 6.45) is 3.90. The maximum atomic E-state index is 11.5. The van der Waals surface area contributed by atoms with Crippen LogP contribution in [0.4, 0.5) is 10.5 Å². The van der Waals surface area contributed by atoms with Crippen molar-refractivity contribution in [3.63, 3.8) is 0 Å². The molecule has 8 nitrogen and oxygen atoms in total. The molecule has 1 heterocycles. The molecule has 0 atom stereocenters. The zero-order chi connectivity index (χ0) is 15.2. The van der Waals surface area contributed by atoms with Crippen LogP contribution in [0.15, 0.2) is 18.5 Å². The number of carboxylic acids is 1. The van der Waals surface area contributed by atoms with E-state index in [0.717, 1.165) is 12.5 Å². The molecular formula is C11H15N3O5S. The highest BCUT2D eigenvalue weighted by Crippen LogP contribution is 2.07. The first-order valence-electron chi connectivity index (χ1n) is 5.69. The molecule has 1 rings (SSSR count). The van der Waals surface area contributed by atoms with Gasteiger partial charge in [0.15, 0.2) is 0 Å². The van der Waals surface area contributed by atoms with Crippen LogP contribution >= 0.6 is 0 Å². The maximum absolute atomic E-state index is 11.5. The number of hydrogen-bond acceptors (Lipinski definition) is 5. The number of nitrogens with one attached hydrogen (secondary N) is 2. The summed E-state index contributed by atoms with van der Waals surface area (Å²) in [5.74, 6) is -1.15. The van der Waals surface area contributed by atoms with E-state index in [-0.39, 0.29) is 23.5 Å². The van der Waals surface area contributed by atoms with Crippen molar-refractivity contribution in [1.82, 2.24) is 10.3 Å². The molecule has 3 N–H and O–H groups in total. The van der Waals surface area contributed by atoms with E-state index in [1.807, 2.05) is 0 Å². The first kappa shape index (κ1) is 15.9. The third kappa shape index (κ3) is 6.14. The number of carboxylic acid groups (broad SMARTS) is 1. The molecule has 0 unspecified atom stereocenters. The second kappa shape index (κ2) is 6.85. The van der Waals surface area contributed by atoms with E-state index in [0.29, 0.717) is 6.42 Å². The summed E-state index contributed by atoms with van der Waals surface area (Å²) in [5, 5.41) is 13.6. The van der Waals surface area contributed by atoms with E-state index in [9.17, 15) is 18.0 Å². The average molecular weight is 301 g/mol. The van der Waals surface area contributed by atoms with Crippen LogP contribution < -0.4 is 10.6 Å². The highest BCUT2D eigenvalue weighted by atomic mass is 32.2. The molecular weight excluding hydrogens is 286 g/mol. The number of amides is 2. The van der Waals surface area contributed by atoms with Crippen LogP contribution in [-0.2, 0) is 9.84 Å². The molecule has 9 heteroatoms. The lowest BCUT2D eigenvalue weighted by molar-refractivity contribution is 0.0696. The van der Waals surface area contributed by atoms with Gasteiger partial charge in [0.25, 0.3) is 0 Å². The summed E-state index contributed by atoms with van der Waals surface area (Å²) >= 11 is 0. The van der Waals surface area contributed by atoms with E-state index >= 15 is 0 Å². The van der Waals surface area contributed by atoms with E-state index in [2.05, 4.69) is 15.6 Å². The predicted molar refractivity (Wildman–Crippen MR) is 72.5 cm³/mol. The number of pyridine rings is 1. The molecule has 110 valence electrons. The molecule has 0 aliphatic rings. The van der Waals surface area contributed by atoms with Crippen molar-refractivity contribution < 1.29 is 23.1 Å². The monoisotopic (exact) mass is 301 g/mol. The number of urea groups is 1. The molecule has 0 fully saturated rings. The Morgan fingerprint density at radius 1 is 1.35 bits per heavy atom. The van der Waals surface area contributed by atoms with E-state index in [1.54, 1.807) is 0 Å². The Morgan fingerprint density at radius 2 is 2.05 bits per heavy atom. The van der Waals surface area contributed by atoms with Crippen LogP contribution in [0.3, 0.4) is 0 Å². The topological polar surface area (TPSA) is 125 Å². The van der Waals surface area contributed by atoms with E-state index in [4.69, 9.17) is 5.11 Å². The smallest absolute Gasteiger partial charge is 0.337 e. The summed E-state index contributed by atoms with van der Waals surface area (Å²) < 4.78 is 21.8. The summed E-state index contributed by atoms with van der Waals surface area (Å²) in [6.45, 7) is 0.199. The Kier molecular flexibility index (Phi) is 5.44. The zero-order valence-corrected chi connectivity index (χ0v) is 11.6. The minimum Gasteiger partial charge on any atom is -0.478 e. The van der Waals surface area contributed by atoms with Gasteiger partial charge >= 0.3 is 12.0 Å². The standard InChI is InChI=1S/C11H15N3O5S/c1-20(18,19)4-2-3-13-11(17)14-9-5-8(10(15)16)6-12-7-9/h5-7H,2-4H2,1H3,(H,15,16)(H2,13,14,17). The van der Waals surface area contributed by atoms with Crippen molar-refractivity contribution in [2.45, 2.75) is 6.42 Å². The fourth-order valence-electron chi connectivity index (χ4n) is 1.34. The van der Waals surface area contributed by atoms with Crippen LogP contribution in [0.2, 0.25) is 0 Å². The molecule has 0 aliphatic heterocycles. The second-order valence-corrected chi connectivity index (χ2v) is 6.39. The number of nitrogens with zero attached hydrogens (tertiary/aromatic N) is 1. The maximum Gasteiger partial charge on any atom is 0.337 e. The average Bonchev–Trinajstić information content (AvgIpc) is 2.34. The fourth-order valence-corrected chi connectivity index (χ4v) is 2.01. The van der Waals surface area contributed by atoms with E-state index < -0.39 is 21.8 Å². The van der Waals surface area contributed by atoms with Gasteiger partial charge in [0.05, 0.1) is 23.2 Å². The minimum absolute atomic E-state index is 0.0106. The van der Waals surface area contributed by atoms with Gasteiger partial charge in [0.2, 0.25) is 0 Å². The molecule has 0 saturated carbocycles. The fraction of sp³-hybridized carbons (Fsp3) is 0.364. The Morgan fingerprint density at radius 3 is 2.65 bits per heavy atom. The van der Waals surface area contributed by atoms with Gasteiger partial charge in [-0.3, -0.25) is 4.98 Å². The Labute approximate surface area is 116 Å². The number of aromatic carboxylic acids is 1. The largest absolute Gasteiger partial charge is 0.478 e. The van der Waals surface area contributed by atoms with Crippen LogP contribution in [0, 0.1) is 0 Å². The number of anilines is 1. The summed E-state index contributed by atoms with van der Waals surface area (Å²) in [7, 11) is -3.04. The number of aromatic nitrogens is 1. The second-order valence-electron chi connectivity index (χ2n) is 4.13. The lowest BCUT2D eigenvalue weighted by atomic mass is 10.3. The number of carbonyl (C=O) groups excluding carboxylic acids is 1. The first-order valence-corrected chi connectivity index (χ1v) is 7.75. The molecule has 0 saturated heterocycles. The Balaban J connectivity index is 2.43. The molecule has 1 aromatic heterocycles. The molecule has 20 heavy (non-hydrogen) atoms. The van der Waals surface area contributed by atoms with Gasteiger partial charge in [-0.1, -0.05) is 0 Å². The van der Waals surface area contributed by atoms with Crippen molar-refractivity contribution >= 4 is 27.5 Å². The van der Waals surface area contributed by atoms with E-state index in [1.165, 1.54) is 12.3 Å². The van der Waals surface area contributed by atoms with Crippen molar-refractivity contribution in [2.75, 3.05) is 23.9 Å². The molecule has 2 amide bonds. The molecule has 0 spiro atoms. The van der Waals surface area contributed by atoms with Gasteiger partial charge in [-0.25, -0.2) is 18.0 Å². The number of rotatable bonds is 6. The van der Waals surface area contributed by atoms with Gasteiger partial charge in [0, 0.05) is 19.0 Å². The summed E-state index contributed by atoms with van der Waals surface area (Å²) in [5.41, 5.74) is 0.199. The molecule has 1 aromatic rings. The quantitative estimate of drug-likeness (QED) is 0.650. The van der Waals surface area contributed by atoms with Gasteiger partial charge in [0.1, 0.15) is 9.84 Å². The predicted octanol–water partition coefficient (Wildman–Crippen LogP) is 0.336. The van der Waals surface area contributed by atoms with Crippen molar-refractivity contribution in [1.29, 1.82) is 0 Å². The zero-order valence-electron chi connectivity index (χ0n) is 10.8. The Hall–Kier alpha value is -2.16. The van der Waals surface area contributed by atoms with Crippen molar-refractivity contribution in [3.05, 3.63) is 24.0 Å². The van der Waals surface area contributed by atoms with Crippen LogP contribution in [0.1, 0.15) is 16.8 Å². The highest BCUT2D eigenvalue weighted by molar-refractivity contribution is 7.90. The summed E-state index contributed by atoms with van der Waals surface area (Å²) in [6, 6.07) is 0.716. The first-order chi connectivity index (χ1) is 9.28. The van der Waals surface area contributed by atoms with Gasteiger partial charge in [-0.2, -0.15) is 0 Å². The third-order valence-electron chi connectivity index (χ3n) is 2.22. The normalized spacial score (nSPS) is 10.8. The summed E-state index contributed by atoms with van der Waals surface area (Å²) in [4.78, 5) is 25.9. The molecule has 0 aliphatic carbocycles. The molecule has 0 radical (unpaired) electrons. The van der Waals surface area contributed by atoms with Crippen LogP contribution in [-0.4, -0.2) is 49.1 Å². The van der Waals surface area contributed by atoms with Gasteiger partial charge < -0.3 is 15.7 Å². The number of hydrogen-bond donors (Lipinski definition) is 3. The van der Waals surface area contributed by atoms with Crippen LogP contribution in [0.5, 0.6) is 0 Å². The highest BCUT2D eigenvalue weighted by Gasteiger charge is 2.07.